The smallest absolute Gasteiger partial charge is 0.212 e. The number of rotatable bonds is 6. The zero-order valence-electron chi connectivity index (χ0n) is 20.1. The van der Waals surface area contributed by atoms with Gasteiger partial charge in [0.05, 0.1) is 39.0 Å². The van der Waals surface area contributed by atoms with E-state index in [-0.39, 0.29) is 6.10 Å². The molecule has 5 heterocycles. The van der Waals surface area contributed by atoms with Gasteiger partial charge in [0.15, 0.2) is 23.3 Å². The van der Waals surface area contributed by atoms with E-state index in [0.29, 0.717) is 36.3 Å². The van der Waals surface area contributed by atoms with Crippen LogP contribution in [0.3, 0.4) is 0 Å². The second-order valence-electron chi connectivity index (χ2n) is 8.43. The van der Waals surface area contributed by atoms with Crippen molar-refractivity contribution >= 4 is 11.2 Å². The van der Waals surface area contributed by atoms with Crippen LogP contribution in [0.4, 0.5) is 0 Å². The Morgan fingerprint density at radius 2 is 1.94 bits per heavy atom. The van der Waals surface area contributed by atoms with Crippen molar-refractivity contribution in [1.29, 1.82) is 0 Å². The number of methoxy groups -OCH3 is 2. The van der Waals surface area contributed by atoms with Gasteiger partial charge in [0.25, 0.3) is 0 Å². The molecule has 0 saturated heterocycles. The normalized spacial score (nSPS) is 14.7. The Balaban J connectivity index is 1.26. The highest BCUT2D eigenvalue weighted by atomic mass is 16.6. The maximum Gasteiger partial charge on any atom is 0.212 e. The molecule has 0 bridgehead atoms. The number of aryl methyl sites for hydroxylation is 1. The molecule has 0 saturated carbocycles. The molecule has 1 unspecified atom stereocenters. The average molecular weight is 485 g/mol. The van der Waals surface area contributed by atoms with E-state index in [2.05, 4.69) is 19.9 Å². The summed E-state index contributed by atoms with van der Waals surface area (Å²) in [5.74, 6) is 3.25. The lowest BCUT2D eigenvalue weighted by Crippen LogP contribution is -2.22. The molecule has 0 N–H and O–H groups in total. The first-order chi connectivity index (χ1) is 17.6. The van der Waals surface area contributed by atoms with Crippen LogP contribution in [-0.4, -0.2) is 49.9 Å². The molecule has 1 aromatic carbocycles. The molecule has 4 aromatic heterocycles. The number of imidazole rings is 2. The number of fused-ring (bicyclic) bond motifs is 2. The Hall–Kier alpha value is -4.60. The van der Waals surface area contributed by atoms with E-state index in [1.807, 2.05) is 52.7 Å². The van der Waals surface area contributed by atoms with Crippen molar-refractivity contribution in [2.75, 3.05) is 20.8 Å². The zero-order chi connectivity index (χ0) is 24.6. The minimum atomic E-state index is -0.300. The third kappa shape index (κ3) is 3.86. The number of pyridine rings is 2. The van der Waals surface area contributed by atoms with E-state index in [9.17, 15) is 0 Å². The number of ether oxygens (including phenoxy) is 4. The van der Waals surface area contributed by atoms with Gasteiger partial charge in [-0.15, -0.1) is 0 Å². The number of benzene rings is 1. The van der Waals surface area contributed by atoms with E-state index in [1.165, 1.54) is 0 Å². The number of aromatic nitrogens is 6. The summed E-state index contributed by atoms with van der Waals surface area (Å²) < 4.78 is 27.1. The van der Waals surface area contributed by atoms with Gasteiger partial charge in [-0.05, 0) is 36.8 Å². The highest BCUT2D eigenvalue weighted by Gasteiger charge is 2.27. The quantitative estimate of drug-likeness (QED) is 0.358. The Morgan fingerprint density at radius 1 is 1.03 bits per heavy atom. The third-order valence-corrected chi connectivity index (χ3v) is 6.19. The van der Waals surface area contributed by atoms with Crippen LogP contribution in [-0.2, 0) is 6.54 Å². The first-order valence-electron chi connectivity index (χ1n) is 11.4. The van der Waals surface area contributed by atoms with Crippen LogP contribution in [0.15, 0.2) is 61.4 Å². The van der Waals surface area contributed by atoms with Crippen LogP contribution in [0, 0.1) is 6.92 Å². The average Bonchev–Trinajstić information content (AvgIpc) is 3.53. The highest BCUT2D eigenvalue weighted by Crippen LogP contribution is 2.44. The van der Waals surface area contributed by atoms with Gasteiger partial charge < -0.3 is 28.1 Å². The van der Waals surface area contributed by atoms with Crippen LogP contribution in [0.2, 0.25) is 0 Å². The first-order valence-corrected chi connectivity index (χ1v) is 11.4. The van der Waals surface area contributed by atoms with Crippen molar-refractivity contribution in [3.05, 3.63) is 78.4 Å². The van der Waals surface area contributed by atoms with Crippen molar-refractivity contribution in [3.63, 3.8) is 0 Å². The van der Waals surface area contributed by atoms with E-state index >= 15 is 0 Å². The summed E-state index contributed by atoms with van der Waals surface area (Å²) in [4.78, 5) is 17.8. The van der Waals surface area contributed by atoms with Crippen molar-refractivity contribution in [1.82, 2.24) is 29.1 Å². The number of hydrogen-bond donors (Lipinski definition) is 0. The van der Waals surface area contributed by atoms with Gasteiger partial charge in [-0.2, -0.15) is 0 Å². The van der Waals surface area contributed by atoms with Crippen LogP contribution in [0.25, 0.3) is 16.9 Å². The molecule has 0 aliphatic carbocycles. The van der Waals surface area contributed by atoms with E-state index < -0.39 is 0 Å². The summed E-state index contributed by atoms with van der Waals surface area (Å²) in [7, 11) is 3.21. The van der Waals surface area contributed by atoms with Gasteiger partial charge >= 0.3 is 0 Å². The SMILES string of the molecule is COc1ccc(C2COc3cc(Cn4cnc5cc(-n6ccnc6C)cnc54)cc(OC)c3O2)cn1. The van der Waals surface area contributed by atoms with Gasteiger partial charge in [0.1, 0.15) is 17.9 Å². The van der Waals surface area contributed by atoms with Gasteiger partial charge in [-0.25, -0.2) is 19.9 Å². The summed E-state index contributed by atoms with van der Waals surface area (Å²) in [6.07, 6.45) is 8.72. The molecular formula is C26H24N6O4. The van der Waals surface area contributed by atoms with Crippen LogP contribution in [0.1, 0.15) is 23.1 Å². The molecule has 36 heavy (non-hydrogen) atoms. The molecule has 182 valence electrons. The zero-order valence-corrected chi connectivity index (χ0v) is 20.1. The summed E-state index contributed by atoms with van der Waals surface area (Å²) in [5, 5.41) is 0. The molecule has 5 aromatic rings. The maximum atomic E-state index is 6.26. The predicted molar refractivity (Wildman–Crippen MR) is 131 cm³/mol. The fraction of sp³-hybridized carbons (Fsp3) is 0.231. The van der Waals surface area contributed by atoms with Gasteiger partial charge in [-0.1, -0.05) is 0 Å². The standard InChI is InChI=1S/C26H24N6O4/c1-16-27-6-7-32(16)19-10-20-26(29-12-19)31(15-30-20)13-17-8-21(33-2)25-22(9-17)35-14-23(36-25)18-4-5-24(34-3)28-11-18/h4-12,15,23H,13-14H2,1-3H3. The predicted octanol–water partition coefficient (Wildman–Crippen LogP) is 3.90. The number of hydrogen-bond acceptors (Lipinski definition) is 8. The minimum absolute atomic E-state index is 0.300. The number of nitrogens with zero attached hydrogens (tertiary/aromatic N) is 6. The lowest BCUT2D eigenvalue weighted by Gasteiger charge is -2.28. The molecule has 10 heteroatoms. The largest absolute Gasteiger partial charge is 0.493 e. The summed E-state index contributed by atoms with van der Waals surface area (Å²) >= 11 is 0. The van der Waals surface area contributed by atoms with Gasteiger partial charge in [0.2, 0.25) is 11.6 Å². The van der Waals surface area contributed by atoms with E-state index in [0.717, 1.165) is 33.8 Å². The minimum Gasteiger partial charge on any atom is -0.493 e. The summed E-state index contributed by atoms with van der Waals surface area (Å²) in [6.45, 7) is 2.86. The van der Waals surface area contributed by atoms with Crippen LogP contribution < -0.4 is 18.9 Å². The fourth-order valence-corrected chi connectivity index (χ4v) is 4.34. The molecular weight excluding hydrogens is 460 g/mol. The summed E-state index contributed by atoms with van der Waals surface area (Å²) in [6, 6.07) is 9.65. The van der Waals surface area contributed by atoms with Crippen molar-refractivity contribution < 1.29 is 18.9 Å². The molecule has 0 radical (unpaired) electrons. The molecule has 0 amide bonds. The molecule has 1 aliphatic rings. The Kier molecular flexibility index (Phi) is 5.40. The second-order valence-corrected chi connectivity index (χ2v) is 8.43. The van der Waals surface area contributed by atoms with Crippen LogP contribution >= 0.6 is 0 Å². The maximum absolute atomic E-state index is 6.26. The molecule has 6 rings (SSSR count). The van der Waals surface area contributed by atoms with Crippen molar-refractivity contribution in [3.8, 4) is 28.8 Å². The fourth-order valence-electron chi connectivity index (χ4n) is 4.34. The van der Waals surface area contributed by atoms with Crippen LogP contribution in [0.5, 0.6) is 23.1 Å². The lowest BCUT2D eigenvalue weighted by atomic mass is 10.1. The Bertz CT molecular complexity index is 1530. The summed E-state index contributed by atoms with van der Waals surface area (Å²) in [5.41, 5.74) is 4.40. The molecule has 1 atom stereocenters. The Labute approximate surface area is 207 Å². The lowest BCUT2D eigenvalue weighted by molar-refractivity contribution is 0.0867. The highest BCUT2D eigenvalue weighted by molar-refractivity contribution is 5.73. The van der Waals surface area contributed by atoms with Gasteiger partial charge in [-0.3, -0.25) is 0 Å². The molecule has 1 aliphatic heterocycles. The van der Waals surface area contributed by atoms with Gasteiger partial charge in [0, 0.05) is 30.2 Å². The molecule has 10 nitrogen and oxygen atoms in total. The monoisotopic (exact) mass is 484 g/mol. The second kappa shape index (κ2) is 8.88. The van der Waals surface area contributed by atoms with E-state index in [1.54, 1.807) is 39.0 Å². The molecule has 0 spiro atoms. The third-order valence-electron chi connectivity index (χ3n) is 6.19. The van der Waals surface area contributed by atoms with Crippen molar-refractivity contribution in [2.24, 2.45) is 0 Å². The van der Waals surface area contributed by atoms with Crippen molar-refractivity contribution in [2.45, 2.75) is 19.6 Å². The first kappa shape index (κ1) is 21.9. The van der Waals surface area contributed by atoms with E-state index in [4.69, 9.17) is 18.9 Å². The Morgan fingerprint density at radius 3 is 2.69 bits per heavy atom. The topological polar surface area (TPSA) is 98.3 Å². The molecule has 0 fully saturated rings.